The molecule has 1 heterocycles. The first-order valence-corrected chi connectivity index (χ1v) is 7.75. The van der Waals surface area contributed by atoms with Crippen LogP contribution >= 0.6 is 11.3 Å². The van der Waals surface area contributed by atoms with Crippen LogP contribution in [0.5, 0.6) is 0 Å². The van der Waals surface area contributed by atoms with Crippen molar-refractivity contribution in [1.82, 2.24) is 10.3 Å². The van der Waals surface area contributed by atoms with Crippen LogP contribution in [0, 0.1) is 11.8 Å². The molecule has 0 aromatic carbocycles. The van der Waals surface area contributed by atoms with E-state index in [1.165, 1.54) is 43.7 Å². The predicted octanol–water partition coefficient (Wildman–Crippen LogP) is 3.49. The molecule has 2 atom stereocenters. The standard InChI is InChI=1S/C14H24N2S/c1-11(2)16-10-13-6-4-3-5-12(13)9-14-15-7-8-17-14/h7-8,11-13,16H,3-6,9-10H2,1-2H3. The van der Waals surface area contributed by atoms with E-state index in [1.807, 2.05) is 17.5 Å². The molecule has 17 heavy (non-hydrogen) atoms. The van der Waals surface area contributed by atoms with Gasteiger partial charge in [-0.1, -0.05) is 26.7 Å². The van der Waals surface area contributed by atoms with Gasteiger partial charge in [-0.2, -0.15) is 0 Å². The van der Waals surface area contributed by atoms with E-state index < -0.39 is 0 Å². The molecule has 1 fully saturated rings. The van der Waals surface area contributed by atoms with Crippen LogP contribution in [0.15, 0.2) is 11.6 Å². The molecule has 1 N–H and O–H groups in total. The van der Waals surface area contributed by atoms with Crippen molar-refractivity contribution < 1.29 is 0 Å². The molecule has 1 aromatic heterocycles. The molecule has 0 aliphatic heterocycles. The van der Waals surface area contributed by atoms with Crippen LogP contribution in [-0.2, 0) is 6.42 Å². The van der Waals surface area contributed by atoms with E-state index in [-0.39, 0.29) is 0 Å². The Morgan fingerprint density at radius 2 is 2.12 bits per heavy atom. The van der Waals surface area contributed by atoms with Crippen LogP contribution in [-0.4, -0.2) is 17.6 Å². The van der Waals surface area contributed by atoms with E-state index in [9.17, 15) is 0 Å². The summed E-state index contributed by atoms with van der Waals surface area (Å²) in [5.74, 6) is 1.70. The molecule has 1 saturated carbocycles. The molecule has 0 bridgehead atoms. The fourth-order valence-corrected chi connectivity index (χ4v) is 3.50. The monoisotopic (exact) mass is 252 g/mol. The molecule has 2 nitrogen and oxygen atoms in total. The minimum absolute atomic E-state index is 0.609. The Balaban J connectivity index is 1.87. The van der Waals surface area contributed by atoms with E-state index in [1.54, 1.807) is 0 Å². The first kappa shape index (κ1) is 13.0. The van der Waals surface area contributed by atoms with Gasteiger partial charge in [0.1, 0.15) is 0 Å². The molecule has 0 radical (unpaired) electrons. The Bertz CT molecular complexity index is 308. The van der Waals surface area contributed by atoms with E-state index in [0.29, 0.717) is 6.04 Å². The second-order valence-corrected chi connectivity index (χ2v) is 6.48. The van der Waals surface area contributed by atoms with Gasteiger partial charge in [-0.05, 0) is 31.2 Å². The zero-order valence-electron chi connectivity index (χ0n) is 11.0. The van der Waals surface area contributed by atoms with Crippen LogP contribution in [0.1, 0.15) is 44.5 Å². The summed E-state index contributed by atoms with van der Waals surface area (Å²) in [6.45, 7) is 5.66. The average Bonchev–Trinajstić information content (AvgIpc) is 2.80. The summed E-state index contributed by atoms with van der Waals surface area (Å²) in [5.41, 5.74) is 0. The normalized spacial score (nSPS) is 25.4. The van der Waals surface area contributed by atoms with Crippen LogP contribution < -0.4 is 5.32 Å². The van der Waals surface area contributed by atoms with E-state index in [4.69, 9.17) is 0 Å². The third-order valence-electron chi connectivity index (χ3n) is 3.78. The summed E-state index contributed by atoms with van der Waals surface area (Å²) in [6.07, 6.45) is 8.75. The average molecular weight is 252 g/mol. The van der Waals surface area contributed by atoms with Crippen LogP contribution in [0.25, 0.3) is 0 Å². The highest BCUT2D eigenvalue weighted by atomic mass is 32.1. The largest absolute Gasteiger partial charge is 0.314 e. The first-order chi connectivity index (χ1) is 8.25. The van der Waals surface area contributed by atoms with Gasteiger partial charge in [-0.25, -0.2) is 4.98 Å². The molecule has 3 heteroatoms. The molecule has 1 aliphatic carbocycles. The molecule has 96 valence electrons. The maximum atomic E-state index is 4.44. The summed E-state index contributed by atoms with van der Waals surface area (Å²) >= 11 is 1.81. The number of thiazole rings is 1. The highest BCUT2D eigenvalue weighted by Crippen LogP contribution is 2.32. The summed E-state index contributed by atoms with van der Waals surface area (Å²) in [7, 11) is 0. The van der Waals surface area contributed by atoms with Crippen molar-refractivity contribution in [2.75, 3.05) is 6.54 Å². The van der Waals surface area contributed by atoms with Crippen molar-refractivity contribution in [3.05, 3.63) is 16.6 Å². The SMILES string of the molecule is CC(C)NCC1CCCCC1Cc1nccs1. The predicted molar refractivity (Wildman–Crippen MR) is 74.4 cm³/mol. The number of hydrogen-bond donors (Lipinski definition) is 1. The number of nitrogens with zero attached hydrogens (tertiary/aromatic N) is 1. The molecule has 0 spiro atoms. The van der Waals surface area contributed by atoms with Gasteiger partial charge < -0.3 is 5.32 Å². The van der Waals surface area contributed by atoms with Gasteiger partial charge in [0.05, 0.1) is 5.01 Å². The number of rotatable bonds is 5. The minimum Gasteiger partial charge on any atom is -0.314 e. The van der Waals surface area contributed by atoms with Gasteiger partial charge in [0, 0.05) is 24.0 Å². The summed E-state index contributed by atoms with van der Waals surface area (Å²) in [6, 6.07) is 0.609. The molecule has 1 aliphatic rings. The fourth-order valence-electron chi connectivity index (χ4n) is 2.79. The maximum absolute atomic E-state index is 4.44. The Labute approximate surface area is 109 Å². The first-order valence-electron chi connectivity index (χ1n) is 6.87. The zero-order valence-corrected chi connectivity index (χ0v) is 11.8. The maximum Gasteiger partial charge on any atom is 0.0927 e. The lowest BCUT2D eigenvalue weighted by molar-refractivity contribution is 0.224. The van der Waals surface area contributed by atoms with Gasteiger partial charge in [0.15, 0.2) is 0 Å². The van der Waals surface area contributed by atoms with Crippen molar-refractivity contribution in [3.8, 4) is 0 Å². The smallest absolute Gasteiger partial charge is 0.0927 e. The molecular formula is C14H24N2S. The second kappa shape index (κ2) is 6.50. The quantitative estimate of drug-likeness (QED) is 0.867. The van der Waals surface area contributed by atoms with E-state index in [0.717, 1.165) is 11.8 Å². The molecule has 0 saturated heterocycles. The van der Waals surface area contributed by atoms with Gasteiger partial charge in [-0.15, -0.1) is 11.3 Å². The Kier molecular flexibility index (Phi) is 4.99. The zero-order chi connectivity index (χ0) is 12.1. The van der Waals surface area contributed by atoms with Gasteiger partial charge in [0.25, 0.3) is 0 Å². The van der Waals surface area contributed by atoms with Crippen molar-refractivity contribution >= 4 is 11.3 Å². The Hall–Kier alpha value is -0.410. The fraction of sp³-hybridized carbons (Fsp3) is 0.786. The van der Waals surface area contributed by atoms with E-state index >= 15 is 0 Å². The topological polar surface area (TPSA) is 24.9 Å². The van der Waals surface area contributed by atoms with Crippen molar-refractivity contribution in [3.63, 3.8) is 0 Å². The molecule has 2 unspecified atom stereocenters. The minimum atomic E-state index is 0.609. The molecule has 1 aromatic rings. The Morgan fingerprint density at radius 3 is 2.76 bits per heavy atom. The second-order valence-electron chi connectivity index (χ2n) is 5.50. The lowest BCUT2D eigenvalue weighted by atomic mass is 9.77. The molecular weight excluding hydrogens is 228 g/mol. The molecule has 2 rings (SSSR count). The van der Waals surface area contributed by atoms with Gasteiger partial charge >= 0.3 is 0 Å². The third kappa shape index (κ3) is 4.07. The highest BCUT2D eigenvalue weighted by molar-refractivity contribution is 7.09. The number of nitrogens with one attached hydrogen (secondary N) is 1. The third-order valence-corrected chi connectivity index (χ3v) is 4.58. The summed E-state index contributed by atoms with van der Waals surface area (Å²) < 4.78 is 0. The lowest BCUT2D eigenvalue weighted by Gasteiger charge is -2.32. The summed E-state index contributed by atoms with van der Waals surface area (Å²) in [5, 5.41) is 7.03. The number of aromatic nitrogens is 1. The van der Waals surface area contributed by atoms with Gasteiger partial charge in [0.2, 0.25) is 0 Å². The Morgan fingerprint density at radius 1 is 1.35 bits per heavy atom. The van der Waals surface area contributed by atoms with Crippen LogP contribution in [0.4, 0.5) is 0 Å². The van der Waals surface area contributed by atoms with E-state index in [2.05, 4.69) is 29.5 Å². The van der Waals surface area contributed by atoms with Crippen molar-refractivity contribution in [2.24, 2.45) is 11.8 Å². The van der Waals surface area contributed by atoms with Crippen molar-refractivity contribution in [1.29, 1.82) is 0 Å². The van der Waals surface area contributed by atoms with Crippen molar-refractivity contribution in [2.45, 2.75) is 52.0 Å². The van der Waals surface area contributed by atoms with Crippen LogP contribution in [0.2, 0.25) is 0 Å². The highest BCUT2D eigenvalue weighted by Gasteiger charge is 2.25. The molecule has 0 amide bonds. The van der Waals surface area contributed by atoms with Crippen LogP contribution in [0.3, 0.4) is 0 Å². The lowest BCUT2D eigenvalue weighted by Crippen LogP contribution is -2.34. The van der Waals surface area contributed by atoms with Gasteiger partial charge in [-0.3, -0.25) is 0 Å². The number of hydrogen-bond acceptors (Lipinski definition) is 3. The summed E-state index contributed by atoms with van der Waals surface area (Å²) in [4.78, 5) is 4.44.